The molecule has 7 nitrogen and oxygen atoms in total. The van der Waals surface area contributed by atoms with Crippen molar-refractivity contribution in [3.63, 3.8) is 0 Å². The number of nitrogens with one attached hydrogen (secondary N) is 1. The van der Waals surface area contributed by atoms with Gasteiger partial charge in [-0.25, -0.2) is 0 Å². The van der Waals surface area contributed by atoms with E-state index in [2.05, 4.69) is 20.5 Å². The summed E-state index contributed by atoms with van der Waals surface area (Å²) < 4.78 is 0. The molecule has 3 heterocycles. The standard InChI is InChI=1S/C14H15N5O2S/c1-9-17-18-14(22-9)16-13(21)10-6-12(20)19(7-10)8-11-4-2-3-5-15-11/h2-5,10H,6-8H2,1H3,(H,16,18,21)/t10-/m1/s1. The van der Waals surface area contributed by atoms with E-state index < -0.39 is 0 Å². The van der Waals surface area contributed by atoms with Crippen molar-refractivity contribution in [3.05, 3.63) is 35.1 Å². The highest BCUT2D eigenvalue weighted by Gasteiger charge is 2.34. The lowest BCUT2D eigenvalue weighted by Crippen LogP contribution is -2.28. The summed E-state index contributed by atoms with van der Waals surface area (Å²) in [5, 5.41) is 11.7. The van der Waals surface area contributed by atoms with Crippen LogP contribution >= 0.6 is 11.3 Å². The smallest absolute Gasteiger partial charge is 0.231 e. The molecule has 1 aliphatic heterocycles. The second-order valence-electron chi connectivity index (χ2n) is 5.11. The van der Waals surface area contributed by atoms with Crippen LogP contribution in [0.3, 0.4) is 0 Å². The Kier molecular flexibility index (Phi) is 4.10. The summed E-state index contributed by atoms with van der Waals surface area (Å²) in [7, 11) is 0. The molecule has 114 valence electrons. The molecule has 8 heteroatoms. The maximum absolute atomic E-state index is 12.2. The first-order chi connectivity index (χ1) is 10.6. The molecule has 3 rings (SSSR count). The number of aryl methyl sites for hydroxylation is 1. The average molecular weight is 317 g/mol. The Morgan fingerprint density at radius 3 is 3.00 bits per heavy atom. The number of carbonyl (C=O) groups is 2. The normalized spacial score (nSPS) is 17.8. The molecule has 0 radical (unpaired) electrons. The highest BCUT2D eigenvalue weighted by atomic mass is 32.1. The van der Waals surface area contributed by atoms with Gasteiger partial charge in [0.15, 0.2) is 0 Å². The van der Waals surface area contributed by atoms with Crippen LogP contribution in [0.25, 0.3) is 0 Å². The van der Waals surface area contributed by atoms with Gasteiger partial charge >= 0.3 is 0 Å². The fourth-order valence-corrected chi connectivity index (χ4v) is 2.94. The zero-order valence-electron chi connectivity index (χ0n) is 12.0. The SMILES string of the molecule is Cc1nnc(NC(=O)[C@@H]2CC(=O)N(Cc3ccccn3)C2)s1. The van der Waals surface area contributed by atoms with Gasteiger partial charge in [-0.05, 0) is 19.1 Å². The van der Waals surface area contributed by atoms with Crippen LogP contribution < -0.4 is 5.32 Å². The van der Waals surface area contributed by atoms with Gasteiger partial charge in [0.1, 0.15) is 5.01 Å². The summed E-state index contributed by atoms with van der Waals surface area (Å²) in [5.74, 6) is -0.576. The molecule has 0 aliphatic carbocycles. The van der Waals surface area contributed by atoms with E-state index >= 15 is 0 Å². The third-order valence-corrected chi connectivity index (χ3v) is 4.17. The van der Waals surface area contributed by atoms with Crippen molar-refractivity contribution in [1.82, 2.24) is 20.1 Å². The largest absolute Gasteiger partial charge is 0.336 e. The minimum absolute atomic E-state index is 0.0285. The van der Waals surface area contributed by atoms with Crippen LogP contribution in [0.1, 0.15) is 17.1 Å². The van der Waals surface area contributed by atoms with E-state index in [0.717, 1.165) is 10.7 Å². The van der Waals surface area contributed by atoms with Gasteiger partial charge in [0, 0.05) is 19.2 Å². The maximum atomic E-state index is 12.2. The predicted octanol–water partition coefficient (Wildman–Crippen LogP) is 1.23. The van der Waals surface area contributed by atoms with Crippen molar-refractivity contribution >= 4 is 28.3 Å². The van der Waals surface area contributed by atoms with Crippen molar-refractivity contribution in [2.45, 2.75) is 19.9 Å². The van der Waals surface area contributed by atoms with E-state index in [9.17, 15) is 9.59 Å². The molecule has 1 N–H and O–H groups in total. The monoisotopic (exact) mass is 317 g/mol. The quantitative estimate of drug-likeness (QED) is 0.916. The van der Waals surface area contributed by atoms with E-state index in [1.54, 1.807) is 11.1 Å². The number of rotatable bonds is 4. The summed E-state index contributed by atoms with van der Waals surface area (Å²) in [4.78, 5) is 30.1. The van der Waals surface area contributed by atoms with E-state index in [1.165, 1.54) is 11.3 Å². The molecule has 22 heavy (non-hydrogen) atoms. The molecule has 0 saturated carbocycles. The van der Waals surface area contributed by atoms with E-state index in [4.69, 9.17) is 0 Å². The Morgan fingerprint density at radius 1 is 1.45 bits per heavy atom. The Balaban J connectivity index is 1.60. The number of nitrogens with zero attached hydrogens (tertiary/aromatic N) is 4. The van der Waals surface area contributed by atoms with Gasteiger partial charge < -0.3 is 10.2 Å². The van der Waals surface area contributed by atoms with Gasteiger partial charge in [0.25, 0.3) is 0 Å². The Labute approximate surface area is 131 Å². The van der Waals surface area contributed by atoms with Gasteiger partial charge in [0.05, 0.1) is 18.2 Å². The molecule has 2 amide bonds. The molecule has 1 atom stereocenters. The highest BCUT2D eigenvalue weighted by Crippen LogP contribution is 2.22. The van der Waals surface area contributed by atoms with E-state index in [0.29, 0.717) is 18.2 Å². The van der Waals surface area contributed by atoms with Crippen LogP contribution in [0.2, 0.25) is 0 Å². The zero-order chi connectivity index (χ0) is 15.5. The van der Waals surface area contributed by atoms with Crippen molar-refractivity contribution in [3.8, 4) is 0 Å². The summed E-state index contributed by atoms with van der Waals surface area (Å²) in [5.41, 5.74) is 0.816. The second-order valence-corrected chi connectivity index (χ2v) is 6.29. The minimum atomic E-state index is -0.361. The van der Waals surface area contributed by atoms with Crippen molar-refractivity contribution in [2.24, 2.45) is 5.92 Å². The third-order valence-electron chi connectivity index (χ3n) is 3.42. The fourth-order valence-electron chi connectivity index (χ4n) is 2.34. The maximum Gasteiger partial charge on any atom is 0.231 e. The lowest BCUT2D eigenvalue weighted by Gasteiger charge is -2.15. The lowest BCUT2D eigenvalue weighted by molar-refractivity contribution is -0.128. The molecule has 1 aliphatic rings. The predicted molar refractivity (Wildman–Crippen MR) is 81.0 cm³/mol. The molecule has 0 aromatic carbocycles. The number of likely N-dealkylation sites (tertiary alicyclic amines) is 1. The number of amides is 2. The summed E-state index contributed by atoms with van der Waals surface area (Å²) in [6.45, 7) is 2.65. The summed E-state index contributed by atoms with van der Waals surface area (Å²) in [6.07, 6.45) is 1.91. The number of pyridine rings is 1. The first-order valence-electron chi connectivity index (χ1n) is 6.90. The average Bonchev–Trinajstić information content (AvgIpc) is 3.07. The van der Waals surface area contributed by atoms with Gasteiger partial charge in [-0.3, -0.25) is 14.6 Å². The molecular formula is C14H15N5O2S. The molecule has 0 spiro atoms. The first kappa shape index (κ1) is 14.6. The van der Waals surface area contributed by atoms with E-state index in [1.807, 2.05) is 25.1 Å². The van der Waals surface area contributed by atoms with Gasteiger partial charge in [-0.1, -0.05) is 17.4 Å². The Bertz CT molecular complexity index is 688. The van der Waals surface area contributed by atoms with Crippen LogP contribution in [-0.2, 0) is 16.1 Å². The molecule has 1 fully saturated rings. The molecule has 1 saturated heterocycles. The van der Waals surface area contributed by atoms with Crippen molar-refractivity contribution in [1.29, 1.82) is 0 Å². The molecule has 0 bridgehead atoms. The minimum Gasteiger partial charge on any atom is -0.336 e. The summed E-state index contributed by atoms with van der Waals surface area (Å²) in [6, 6.07) is 5.57. The number of anilines is 1. The number of hydrogen-bond donors (Lipinski definition) is 1. The van der Waals surface area contributed by atoms with Crippen molar-refractivity contribution < 1.29 is 9.59 Å². The highest BCUT2D eigenvalue weighted by molar-refractivity contribution is 7.15. The number of aromatic nitrogens is 3. The third kappa shape index (κ3) is 3.28. The summed E-state index contributed by atoms with van der Waals surface area (Å²) >= 11 is 1.32. The fraction of sp³-hybridized carbons (Fsp3) is 0.357. The van der Waals surface area contributed by atoms with Crippen LogP contribution in [-0.4, -0.2) is 38.4 Å². The molecule has 2 aromatic heterocycles. The van der Waals surface area contributed by atoms with Crippen molar-refractivity contribution in [2.75, 3.05) is 11.9 Å². The molecule has 0 unspecified atom stereocenters. The van der Waals surface area contributed by atoms with E-state index in [-0.39, 0.29) is 24.2 Å². The lowest BCUT2D eigenvalue weighted by atomic mass is 10.1. The van der Waals surface area contributed by atoms with Gasteiger partial charge in [-0.2, -0.15) is 0 Å². The van der Waals surface area contributed by atoms with Crippen LogP contribution in [0.4, 0.5) is 5.13 Å². The Hall–Kier alpha value is -2.35. The van der Waals surface area contributed by atoms with Gasteiger partial charge in [0.2, 0.25) is 16.9 Å². The topological polar surface area (TPSA) is 88.1 Å². The van der Waals surface area contributed by atoms with Gasteiger partial charge in [-0.15, -0.1) is 10.2 Å². The van der Waals surface area contributed by atoms with Crippen LogP contribution in [0, 0.1) is 12.8 Å². The zero-order valence-corrected chi connectivity index (χ0v) is 12.8. The molecular weight excluding hydrogens is 302 g/mol. The van der Waals surface area contributed by atoms with Crippen LogP contribution in [0.15, 0.2) is 24.4 Å². The first-order valence-corrected chi connectivity index (χ1v) is 7.72. The molecule has 2 aromatic rings. The number of hydrogen-bond acceptors (Lipinski definition) is 6. The second kappa shape index (κ2) is 6.18. The number of carbonyl (C=O) groups excluding carboxylic acids is 2. The van der Waals surface area contributed by atoms with Crippen LogP contribution in [0.5, 0.6) is 0 Å². The Morgan fingerprint density at radius 2 is 2.32 bits per heavy atom.